The fourth-order valence-electron chi connectivity index (χ4n) is 3.79. The first-order valence-corrected chi connectivity index (χ1v) is 9.17. The molecule has 5 rings (SSSR count). The maximum absolute atomic E-state index is 4.73. The highest BCUT2D eigenvalue weighted by Gasteiger charge is 2.31. The van der Waals surface area contributed by atoms with Crippen LogP contribution in [0.25, 0.3) is 16.8 Å². The number of anilines is 1. The fourth-order valence-corrected chi connectivity index (χ4v) is 3.79. The molecule has 0 unspecified atom stereocenters. The third-order valence-corrected chi connectivity index (χ3v) is 5.48. The van der Waals surface area contributed by atoms with E-state index in [4.69, 9.17) is 4.98 Å². The average molecular weight is 333 g/mol. The van der Waals surface area contributed by atoms with Gasteiger partial charge in [0, 0.05) is 62.1 Å². The van der Waals surface area contributed by atoms with Crippen molar-refractivity contribution in [2.45, 2.75) is 25.8 Å². The lowest BCUT2D eigenvalue weighted by Crippen LogP contribution is -2.47. The zero-order chi connectivity index (χ0) is 16.8. The van der Waals surface area contributed by atoms with Crippen LogP contribution < -0.4 is 4.90 Å². The molecule has 4 heterocycles. The Kier molecular flexibility index (Phi) is 3.48. The highest BCUT2D eigenvalue weighted by atomic mass is 15.3. The number of imidazole rings is 1. The molecule has 1 aliphatic heterocycles. The summed E-state index contributed by atoms with van der Waals surface area (Å²) in [5, 5.41) is 0. The average Bonchev–Trinajstić information content (AvgIpc) is 3.46. The molecule has 0 atom stereocenters. The minimum Gasteiger partial charge on any atom is -0.354 e. The summed E-state index contributed by atoms with van der Waals surface area (Å²) in [7, 11) is 0. The number of aryl methyl sites for hydroxylation is 1. The number of nitrogens with zero attached hydrogens (tertiary/aromatic N) is 5. The number of aromatic nitrogens is 3. The van der Waals surface area contributed by atoms with Crippen molar-refractivity contribution in [2.24, 2.45) is 0 Å². The van der Waals surface area contributed by atoms with E-state index in [9.17, 15) is 0 Å². The van der Waals surface area contributed by atoms with E-state index in [2.05, 4.69) is 56.6 Å². The Morgan fingerprint density at radius 1 is 0.920 bits per heavy atom. The molecule has 5 heteroatoms. The van der Waals surface area contributed by atoms with Gasteiger partial charge in [-0.1, -0.05) is 0 Å². The second-order valence-electron chi connectivity index (χ2n) is 7.20. The molecular formula is C20H23N5. The van der Waals surface area contributed by atoms with Gasteiger partial charge in [-0.15, -0.1) is 0 Å². The molecule has 2 fully saturated rings. The first-order chi connectivity index (χ1) is 12.3. The molecule has 1 saturated heterocycles. The molecule has 0 bridgehead atoms. The third kappa shape index (κ3) is 2.78. The number of hydrogen-bond acceptors (Lipinski definition) is 4. The Morgan fingerprint density at radius 2 is 1.76 bits per heavy atom. The molecule has 3 aromatic rings. The van der Waals surface area contributed by atoms with Gasteiger partial charge in [-0.25, -0.2) is 9.97 Å². The minimum absolute atomic E-state index is 0.874. The first-order valence-electron chi connectivity index (χ1n) is 9.17. The molecule has 1 saturated carbocycles. The second-order valence-corrected chi connectivity index (χ2v) is 7.20. The highest BCUT2D eigenvalue weighted by Crippen LogP contribution is 2.28. The van der Waals surface area contributed by atoms with Gasteiger partial charge in [-0.05, 0) is 49.6 Å². The van der Waals surface area contributed by atoms with Crippen molar-refractivity contribution in [2.75, 3.05) is 31.1 Å². The van der Waals surface area contributed by atoms with Gasteiger partial charge in [-0.3, -0.25) is 4.90 Å². The molecule has 128 valence electrons. The third-order valence-electron chi connectivity index (χ3n) is 5.48. The molecule has 0 amide bonds. The predicted molar refractivity (Wildman–Crippen MR) is 100.0 cm³/mol. The van der Waals surface area contributed by atoms with Crippen LogP contribution in [0, 0.1) is 6.92 Å². The Hall–Kier alpha value is -2.40. The second kappa shape index (κ2) is 5.85. The number of pyridine rings is 2. The smallest absolute Gasteiger partial charge is 0.137 e. The lowest BCUT2D eigenvalue weighted by Gasteiger charge is -2.35. The Morgan fingerprint density at radius 3 is 2.48 bits per heavy atom. The zero-order valence-electron chi connectivity index (χ0n) is 14.6. The van der Waals surface area contributed by atoms with E-state index in [1.807, 2.05) is 12.4 Å². The van der Waals surface area contributed by atoms with Gasteiger partial charge in [0.2, 0.25) is 0 Å². The predicted octanol–water partition coefficient (Wildman–Crippen LogP) is 2.99. The summed E-state index contributed by atoms with van der Waals surface area (Å²) < 4.78 is 2.10. The molecule has 0 N–H and O–H groups in total. The van der Waals surface area contributed by atoms with Crippen LogP contribution in [0.15, 0.2) is 42.9 Å². The lowest BCUT2D eigenvalue weighted by molar-refractivity contribution is 0.247. The molecule has 25 heavy (non-hydrogen) atoms. The number of hydrogen-bond donors (Lipinski definition) is 0. The van der Waals surface area contributed by atoms with E-state index >= 15 is 0 Å². The monoisotopic (exact) mass is 333 g/mol. The van der Waals surface area contributed by atoms with Crippen LogP contribution in [0.1, 0.15) is 18.5 Å². The standard InChI is InChI=1S/C20H23N5/c1-15-13-21-20-12-16(6-7-25(15)20)17-2-5-19(22-14-17)24-10-8-23(9-11-24)18-3-4-18/h2,5-7,12-14,18H,3-4,8-11H2,1H3. The van der Waals surface area contributed by atoms with Gasteiger partial charge >= 0.3 is 0 Å². The summed E-state index contributed by atoms with van der Waals surface area (Å²) >= 11 is 0. The normalized spacial score (nSPS) is 18.8. The highest BCUT2D eigenvalue weighted by molar-refractivity contribution is 5.67. The minimum atomic E-state index is 0.874. The summed E-state index contributed by atoms with van der Waals surface area (Å²) in [6.07, 6.45) is 8.77. The van der Waals surface area contributed by atoms with Crippen molar-refractivity contribution in [1.82, 2.24) is 19.3 Å². The van der Waals surface area contributed by atoms with Gasteiger partial charge in [0.15, 0.2) is 0 Å². The Balaban J connectivity index is 1.33. The van der Waals surface area contributed by atoms with Crippen molar-refractivity contribution in [3.63, 3.8) is 0 Å². The van der Waals surface area contributed by atoms with E-state index in [1.165, 1.54) is 25.9 Å². The van der Waals surface area contributed by atoms with Gasteiger partial charge in [0.1, 0.15) is 11.5 Å². The van der Waals surface area contributed by atoms with E-state index in [1.54, 1.807) is 0 Å². The molecule has 0 radical (unpaired) electrons. The van der Waals surface area contributed by atoms with Crippen LogP contribution in [0.2, 0.25) is 0 Å². The Bertz CT molecular complexity index is 886. The van der Waals surface area contributed by atoms with Crippen molar-refractivity contribution in [3.8, 4) is 11.1 Å². The van der Waals surface area contributed by atoms with Crippen molar-refractivity contribution < 1.29 is 0 Å². The van der Waals surface area contributed by atoms with Crippen molar-refractivity contribution in [1.29, 1.82) is 0 Å². The number of fused-ring (bicyclic) bond motifs is 1. The molecule has 1 aliphatic carbocycles. The van der Waals surface area contributed by atoms with Crippen LogP contribution in [0.5, 0.6) is 0 Å². The lowest BCUT2D eigenvalue weighted by atomic mass is 10.1. The van der Waals surface area contributed by atoms with E-state index in [0.29, 0.717) is 0 Å². The van der Waals surface area contributed by atoms with Crippen LogP contribution in [-0.2, 0) is 0 Å². The van der Waals surface area contributed by atoms with Crippen LogP contribution >= 0.6 is 0 Å². The van der Waals surface area contributed by atoms with E-state index in [0.717, 1.165) is 47.4 Å². The molecule has 5 nitrogen and oxygen atoms in total. The quantitative estimate of drug-likeness (QED) is 0.738. The van der Waals surface area contributed by atoms with Gasteiger partial charge in [0.25, 0.3) is 0 Å². The summed E-state index contributed by atoms with van der Waals surface area (Å²) in [4.78, 5) is 14.2. The van der Waals surface area contributed by atoms with Crippen molar-refractivity contribution in [3.05, 3.63) is 48.5 Å². The zero-order valence-corrected chi connectivity index (χ0v) is 14.6. The number of piperazine rings is 1. The summed E-state index contributed by atoms with van der Waals surface area (Å²) in [5.74, 6) is 1.09. The van der Waals surface area contributed by atoms with Gasteiger partial charge in [0.05, 0.1) is 0 Å². The molecule has 0 aromatic carbocycles. The van der Waals surface area contributed by atoms with Gasteiger partial charge in [-0.2, -0.15) is 0 Å². The van der Waals surface area contributed by atoms with Gasteiger partial charge < -0.3 is 9.30 Å². The summed E-state index contributed by atoms with van der Waals surface area (Å²) in [6, 6.07) is 9.46. The number of rotatable bonds is 3. The van der Waals surface area contributed by atoms with Crippen LogP contribution in [0.4, 0.5) is 5.82 Å². The fraction of sp³-hybridized carbons (Fsp3) is 0.400. The summed E-state index contributed by atoms with van der Waals surface area (Å²) in [5.41, 5.74) is 4.44. The summed E-state index contributed by atoms with van der Waals surface area (Å²) in [6.45, 7) is 6.58. The largest absolute Gasteiger partial charge is 0.354 e. The maximum atomic E-state index is 4.73. The molecule has 2 aliphatic rings. The van der Waals surface area contributed by atoms with E-state index in [-0.39, 0.29) is 0 Å². The molecule has 3 aromatic heterocycles. The SMILES string of the molecule is Cc1cnc2cc(-c3ccc(N4CCN(C5CC5)CC4)nc3)ccn12. The van der Waals surface area contributed by atoms with Crippen molar-refractivity contribution >= 4 is 11.5 Å². The molecule has 0 spiro atoms. The Labute approximate surface area is 147 Å². The maximum Gasteiger partial charge on any atom is 0.137 e. The van der Waals surface area contributed by atoms with Crippen LogP contribution in [0.3, 0.4) is 0 Å². The molecular weight excluding hydrogens is 310 g/mol. The topological polar surface area (TPSA) is 36.7 Å². The van der Waals surface area contributed by atoms with E-state index < -0.39 is 0 Å². The first kappa shape index (κ1) is 14.9. The van der Waals surface area contributed by atoms with Crippen LogP contribution in [-0.4, -0.2) is 51.5 Å².